The molecule has 5 nitrogen and oxygen atoms in total. The van der Waals surface area contributed by atoms with Crippen molar-refractivity contribution in [3.05, 3.63) is 11.6 Å². The fourth-order valence-corrected chi connectivity index (χ4v) is 2.11. The molecule has 1 atom stereocenters. The van der Waals surface area contributed by atoms with Crippen LogP contribution in [0.4, 0.5) is 4.79 Å². The molecule has 108 valence electrons. The van der Waals surface area contributed by atoms with Gasteiger partial charge in [-0.05, 0) is 40.0 Å². The van der Waals surface area contributed by atoms with Crippen molar-refractivity contribution in [1.82, 2.24) is 4.90 Å². The van der Waals surface area contributed by atoms with E-state index in [0.717, 1.165) is 18.4 Å². The molecule has 0 aromatic rings. The molecule has 0 aliphatic carbocycles. The number of piperidine rings is 1. The fourth-order valence-electron chi connectivity index (χ4n) is 2.11. The SMILES string of the molecule is CCC=C1CCN(C(=O)OC(C)(C)C)C(C(=O)O)C1. The Morgan fingerprint density at radius 1 is 1.47 bits per heavy atom. The maximum Gasteiger partial charge on any atom is 0.411 e. The minimum Gasteiger partial charge on any atom is -0.480 e. The summed E-state index contributed by atoms with van der Waals surface area (Å²) >= 11 is 0. The molecule has 0 aromatic carbocycles. The molecule has 0 spiro atoms. The average Bonchev–Trinajstić information content (AvgIpc) is 2.26. The molecule has 1 N–H and O–H groups in total. The summed E-state index contributed by atoms with van der Waals surface area (Å²) in [4.78, 5) is 24.6. The molecular formula is C14H23NO4. The molecule has 0 bridgehead atoms. The number of hydrogen-bond donors (Lipinski definition) is 1. The Balaban J connectivity index is 2.80. The van der Waals surface area contributed by atoms with Crippen LogP contribution in [0.1, 0.15) is 47.0 Å². The van der Waals surface area contributed by atoms with Gasteiger partial charge in [-0.15, -0.1) is 0 Å². The minimum absolute atomic E-state index is 0.391. The summed E-state index contributed by atoms with van der Waals surface area (Å²) in [5.74, 6) is -0.979. The van der Waals surface area contributed by atoms with Crippen LogP contribution in [0.2, 0.25) is 0 Å². The van der Waals surface area contributed by atoms with E-state index in [1.165, 1.54) is 4.90 Å². The van der Waals surface area contributed by atoms with E-state index in [1.54, 1.807) is 20.8 Å². The summed E-state index contributed by atoms with van der Waals surface area (Å²) in [6.45, 7) is 7.73. The first-order valence-corrected chi connectivity index (χ1v) is 6.65. The first kappa shape index (κ1) is 15.5. The van der Waals surface area contributed by atoms with Crippen LogP contribution < -0.4 is 0 Å². The zero-order chi connectivity index (χ0) is 14.6. The molecule has 0 saturated carbocycles. The molecule has 1 fully saturated rings. The number of allylic oxidation sites excluding steroid dienone is 1. The van der Waals surface area contributed by atoms with E-state index in [0.29, 0.717) is 13.0 Å². The van der Waals surface area contributed by atoms with Crippen molar-refractivity contribution in [3.63, 3.8) is 0 Å². The number of nitrogens with zero attached hydrogens (tertiary/aromatic N) is 1. The third-order valence-corrected chi connectivity index (χ3v) is 2.91. The van der Waals surface area contributed by atoms with Gasteiger partial charge in [0.2, 0.25) is 0 Å². The van der Waals surface area contributed by atoms with Crippen LogP contribution in [0, 0.1) is 0 Å². The zero-order valence-electron chi connectivity index (χ0n) is 12.1. The molecule has 1 aliphatic heterocycles. The molecular weight excluding hydrogens is 246 g/mol. The Bertz CT molecular complexity index is 381. The minimum atomic E-state index is -0.979. The molecule has 0 aromatic heterocycles. The van der Waals surface area contributed by atoms with Crippen molar-refractivity contribution >= 4 is 12.1 Å². The van der Waals surface area contributed by atoms with Crippen molar-refractivity contribution in [2.75, 3.05) is 6.54 Å². The Morgan fingerprint density at radius 2 is 2.11 bits per heavy atom. The third-order valence-electron chi connectivity index (χ3n) is 2.91. The van der Waals surface area contributed by atoms with Crippen molar-refractivity contribution in [1.29, 1.82) is 0 Å². The standard InChI is InChI=1S/C14H23NO4/c1-5-6-10-7-8-15(11(9-10)12(16)17)13(18)19-14(2,3)4/h6,11H,5,7-9H2,1-4H3,(H,16,17). The predicted octanol–water partition coefficient (Wildman–Crippen LogP) is 2.81. The summed E-state index contributed by atoms with van der Waals surface area (Å²) in [6.07, 6.45) is 3.49. The summed E-state index contributed by atoms with van der Waals surface area (Å²) in [6, 6.07) is -0.818. The van der Waals surface area contributed by atoms with Crippen LogP contribution >= 0.6 is 0 Å². The molecule has 1 rings (SSSR count). The number of carbonyl (C=O) groups excluding carboxylic acids is 1. The molecule has 0 radical (unpaired) electrons. The lowest BCUT2D eigenvalue weighted by molar-refractivity contribution is -0.143. The molecule has 19 heavy (non-hydrogen) atoms. The third kappa shape index (κ3) is 4.58. The van der Waals surface area contributed by atoms with E-state index in [9.17, 15) is 14.7 Å². The fraction of sp³-hybridized carbons (Fsp3) is 0.714. The van der Waals surface area contributed by atoms with E-state index in [2.05, 4.69) is 0 Å². The number of likely N-dealkylation sites (tertiary alicyclic amines) is 1. The van der Waals surface area contributed by atoms with E-state index >= 15 is 0 Å². The van der Waals surface area contributed by atoms with Gasteiger partial charge in [-0.2, -0.15) is 0 Å². The van der Waals surface area contributed by atoms with E-state index in [4.69, 9.17) is 4.74 Å². The topological polar surface area (TPSA) is 66.8 Å². The van der Waals surface area contributed by atoms with Crippen LogP contribution in [-0.2, 0) is 9.53 Å². The Kier molecular flexibility index (Phi) is 4.97. The van der Waals surface area contributed by atoms with Crippen LogP contribution in [0.25, 0.3) is 0 Å². The van der Waals surface area contributed by atoms with Crippen LogP contribution in [0.5, 0.6) is 0 Å². The van der Waals surface area contributed by atoms with Gasteiger partial charge in [0, 0.05) is 6.54 Å². The molecule has 1 amide bonds. The number of carbonyl (C=O) groups is 2. The summed E-state index contributed by atoms with van der Waals surface area (Å²) < 4.78 is 5.26. The van der Waals surface area contributed by atoms with Crippen LogP contribution in [-0.4, -0.2) is 40.3 Å². The summed E-state index contributed by atoms with van der Waals surface area (Å²) in [5.41, 5.74) is 0.495. The molecule has 5 heteroatoms. The van der Waals surface area contributed by atoms with E-state index < -0.39 is 23.7 Å². The van der Waals surface area contributed by atoms with E-state index in [1.807, 2.05) is 13.0 Å². The summed E-state index contributed by atoms with van der Waals surface area (Å²) in [7, 11) is 0. The highest BCUT2D eigenvalue weighted by Crippen LogP contribution is 2.25. The first-order chi connectivity index (χ1) is 8.74. The van der Waals surface area contributed by atoms with Gasteiger partial charge >= 0.3 is 12.1 Å². The highest BCUT2D eigenvalue weighted by atomic mass is 16.6. The predicted molar refractivity (Wildman–Crippen MR) is 72.0 cm³/mol. The van der Waals surface area contributed by atoms with Crippen molar-refractivity contribution in [2.24, 2.45) is 0 Å². The number of amides is 1. The van der Waals surface area contributed by atoms with Gasteiger partial charge in [0.1, 0.15) is 11.6 Å². The van der Waals surface area contributed by atoms with E-state index in [-0.39, 0.29) is 0 Å². The highest BCUT2D eigenvalue weighted by Gasteiger charge is 2.36. The van der Waals surface area contributed by atoms with Crippen LogP contribution in [0.15, 0.2) is 11.6 Å². The molecule has 1 saturated heterocycles. The monoisotopic (exact) mass is 269 g/mol. The maximum atomic E-state index is 12.0. The van der Waals surface area contributed by atoms with Gasteiger partial charge in [-0.3, -0.25) is 4.90 Å². The van der Waals surface area contributed by atoms with Crippen molar-refractivity contribution in [2.45, 2.75) is 58.6 Å². The number of ether oxygens (including phenoxy) is 1. The molecule has 1 heterocycles. The number of aliphatic carboxylic acids is 1. The van der Waals surface area contributed by atoms with Gasteiger partial charge < -0.3 is 9.84 Å². The smallest absolute Gasteiger partial charge is 0.411 e. The highest BCUT2D eigenvalue weighted by molar-refractivity contribution is 5.81. The zero-order valence-corrected chi connectivity index (χ0v) is 12.1. The van der Waals surface area contributed by atoms with Crippen molar-refractivity contribution < 1.29 is 19.4 Å². The second-order valence-corrected chi connectivity index (χ2v) is 5.75. The lowest BCUT2D eigenvalue weighted by atomic mass is 9.96. The lowest BCUT2D eigenvalue weighted by Gasteiger charge is -2.35. The average molecular weight is 269 g/mol. The van der Waals surface area contributed by atoms with Gasteiger partial charge in [0.05, 0.1) is 0 Å². The second kappa shape index (κ2) is 6.08. The van der Waals surface area contributed by atoms with Gasteiger partial charge in [-0.1, -0.05) is 18.6 Å². The van der Waals surface area contributed by atoms with Crippen LogP contribution in [0.3, 0.4) is 0 Å². The maximum absolute atomic E-state index is 12.0. The lowest BCUT2D eigenvalue weighted by Crippen LogP contribution is -2.50. The normalized spacial score (nSPS) is 22.4. The Labute approximate surface area is 114 Å². The Morgan fingerprint density at radius 3 is 2.58 bits per heavy atom. The van der Waals surface area contributed by atoms with Crippen molar-refractivity contribution in [3.8, 4) is 0 Å². The number of carboxylic acids is 1. The quantitative estimate of drug-likeness (QED) is 0.783. The summed E-state index contributed by atoms with van der Waals surface area (Å²) in [5, 5.41) is 9.27. The Hall–Kier alpha value is -1.52. The van der Waals surface area contributed by atoms with Gasteiger partial charge in [-0.25, -0.2) is 9.59 Å². The second-order valence-electron chi connectivity index (χ2n) is 5.75. The largest absolute Gasteiger partial charge is 0.480 e. The number of hydrogen-bond acceptors (Lipinski definition) is 3. The molecule has 1 unspecified atom stereocenters. The van der Waals surface area contributed by atoms with Gasteiger partial charge in [0.15, 0.2) is 0 Å². The van der Waals surface area contributed by atoms with Gasteiger partial charge in [0.25, 0.3) is 0 Å². The first-order valence-electron chi connectivity index (χ1n) is 6.65. The molecule has 1 aliphatic rings. The number of rotatable bonds is 2. The number of carboxylic acid groups (broad SMARTS) is 1.